The van der Waals surface area contributed by atoms with E-state index in [1.165, 1.54) is 24.5 Å². The summed E-state index contributed by atoms with van der Waals surface area (Å²) >= 11 is 7.61. The van der Waals surface area contributed by atoms with E-state index < -0.39 is 32.4 Å². The minimum absolute atomic E-state index is 0.0298. The lowest BCUT2D eigenvalue weighted by Gasteiger charge is -2.22. The van der Waals surface area contributed by atoms with E-state index in [2.05, 4.69) is 25.3 Å². The van der Waals surface area contributed by atoms with Crippen molar-refractivity contribution in [3.05, 3.63) is 40.2 Å². The van der Waals surface area contributed by atoms with Crippen molar-refractivity contribution in [1.82, 2.24) is 25.0 Å². The minimum Gasteiger partial charge on any atom is -0.444 e. The molecule has 1 aliphatic rings. The van der Waals surface area contributed by atoms with Crippen molar-refractivity contribution in [2.45, 2.75) is 63.0 Å². The van der Waals surface area contributed by atoms with Gasteiger partial charge in [0.2, 0.25) is 16.0 Å². The normalized spacial score (nSPS) is 14.6. The molecule has 2 aromatic heterocycles. The van der Waals surface area contributed by atoms with Crippen LogP contribution in [0.1, 0.15) is 51.5 Å². The number of benzene rings is 1. The zero-order valence-corrected chi connectivity index (χ0v) is 24.5. The minimum atomic E-state index is -4.11. The Hall–Kier alpha value is -2.87. The molecule has 2 heterocycles. The molecule has 0 aliphatic heterocycles. The first kappa shape index (κ1) is 29.1. The topological polar surface area (TPSA) is 135 Å². The standard InChI is InChI=1S/C25H30ClFN6O4S2/c1-13(31-24(34)37-25(2,3)4)12-30-23-29-9-8-17(32-23)21-20(33-22(38-21)14-6-7-14)16-10-15(26)11-18(19(16)27)39(35,36)28-5/h8-11,13-14,28H,6-7,12H2,1-5H3,(H,31,34)(H,29,30,32)/t13-/m0/s1. The van der Waals surface area contributed by atoms with E-state index in [1.54, 1.807) is 33.0 Å². The number of halogens is 2. The van der Waals surface area contributed by atoms with E-state index >= 15 is 4.39 Å². The highest BCUT2D eigenvalue weighted by atomic mass is 35.5. The van der Waals surface area contributed by atoms with E-state index in [0.717, 1.165) is 23.9 Å². The van der Waals surface area contributed by atoms with Crippen molar-refractivity contribution in [2.24, 2.45) is 0 Å². The van der Waals surface area contributed by atoms with Gasteiger partial charge in [0, 0.05) is 35.3 Å². The fourth-order valence-corrected chi connectivity index (χ4v) is 5.96. The smallest absolute Gasteiger partial charge is 0.407 e. The second-order valence-electron chi connectivity index (χ2n) is 10.2. The van der Waals surface area contributed by atoms with Crippen molar-refractivity contribution >= 4 is 45.0 Å². The second-order valence-corrected chi connectivity index (χ2v) is 13.5. The molecule has 0 radical (unpaired) electrons. The Morgan fingerprint density at radius 2 is 2.00 bits per heavy atom. The van der Waals surface area contributed by atoms with Gasteiger partial charge in [0.15, 0.2) is 5.82 Å². The SMILES string of the molecule is CNS(=O)(=O)c1cc(Cl)cc(-c2nc(C3CC3)sc2-c2ccnc(NC[C@H](C)NC(=O)OC(C)(C)C)n2)c1F. The van der Waals surface area contributed by atoms with Crippen molar-refractivity contribution in [2.75, 3.05) is 18.9 Å². The molecule has 10 nitrogen and oxygen atoms in total. The Balaban J connectivity index is 1.64. The molecule has 3 aromatic rings. The van der Waals surface area contributed by atoms with Crippen LogP contribution in [-0.4, -0.2) is 54.7 Å². The van der Waals surface area contributed by atoms with Crippen LogP contribution in [-0.2, 0) is 14.8 Å². The summed E-state index contributed by atoms with van der Waals surface area (Å²) in [5, 5.41) is 6.71. The molecular formula is C25H30ClFN6O4S2. The lowest BCUT2D eigenvalue weighted by molar-refractivity contribution is 0.0511. The lowest BCUT2D eigenvalue weighted by atomic mass is 10.1. The van der Waals surface area contributed by atoms with Crippen LogP contribution in [0.2, 0.25) is 5.02 Å². The number of carbonyl (C=O) groups excluding carboxylic acids is 1. The molecule has 0 bridgehead atoms. The molecule has 4 rings (SSSR count). The van der Waals surface area contributed by atoms with Gasteiger partial charge in [0.1, 0.15) is 10.5 Å². The monoisotopic (exact) mass is 596 g/mol. The molecule has 14 heteroatoms. The Morgan fingerprint density at radius 3 is 2.64 bits per heavy atom. The van der Waals surface area contributed by atoms with Crippen LogP contribution < -0.4 is 15.4 Å². The Labute approximate surface area is 235 Å². The molecule has 3 N–H and O–H groups in total. The highest BCUT2D eigenvalue weighted by Gasteiger charge is 2.31. The van der Waals surface area contributed by atoms with Crippen LogP contribution >= 0.6 is 22.9 Å². The van der Waals surface area contributed by atoms with Crippen LogP contribution in [0.4, 0.5) is 15.1 Å². The number of rotatable bonds is 9. The van der Waals surface area contributed by atoms with E-state index in [4.69, 9.17) is 21.3 Å². The van der Waals surface area contributed by atoms with E-state index in [1.807, 2.05) is 6.92 Å². The fraction of sp³-hybridized carbons (Fsp3) is 0.440. The van der Waals surface area contributed by atoms with Gasteiger partial charge in [0.05, 0.1) is 21.3 Å². The summed E-state index contributed by atoms with van der Waals surface area (Å²) in [6.45, 7) is 7.48. The van der Waals surface area contributed by atoms with Crippen LogP contribution in [0.5, 0.6) is 0 Å². The number of thiazole rings is 1. The number of anilines is 1. The third-order valence-electron chi connectivity index (χ3n) is 5.61. The Kier molecular flexibility index (Phi) is 8.45. The summed E-state index contributed by atoms with van der Waals surface area (Å²) in [4.78, 5) is 25.6. The molecule has 1 aromatic carbocycles. The molecule has 0 saturated heterocycles. The van der Waals surface area contributed by atoms with Gasteiger partial charge >= 0.3 is 6.09 Å². The number of amides is 1. The average molecular weight is 597 g/mol. The number of nitrogens with zero attached hydrogens (tertiary/aromatic N) is 3. The van der Waals surface area contributed by atoms with Crippen LogP contribution in [0.15, 0.2) is 29.3 Å². The first-order valence-electron chi connectivity index (χ1n) is 12.3. The predicted molar refractivity (Wildman–Crippen MR) is 149 cm³/mol. The third-order valence-corrected chi connectivity index (χ3v) is 8.48. The van der Waals surface area contributed by atoms with Crippen LogP contribution in [0.3, 0.4) is 0 Å². The zero-order valence-electron chi connectivity index (χ0n) is 22.1. The molecule has 1 atom stereocenters. The van der Waals surface area contributed by atoms with Gasteiger partial charge in [-0.25, -0.2) is 37.3 Å². The van der Waals surface area contributed by atoms with Gasteiger partial charge in [-0.3, -0.25) is 0 Å². The number of aromatic nitrogens is 3. The largest absolute Gasteiger partial charge is 0.444 e. The first-order chi connectivity index (χ1) is 18.3. The number of hydrogen-bond donors (Lipinski definition) is 3. The molecule has 210 valence electrons. The first-order valence-corrected chi connectivity index (χ1v) is 15.0. The zero-order chi connectivity index (χ0) is 28.5. The van der Waals surface area contributed by atoms with Gasteiger partial charge in [0.25, 0.3) is 0 Å². The van der Waals surface area contributed by atoms with Crippen molar-refractivity contribution in [1.29, 1.82) is 0 Å². The maximum atomic E-state index is 15.6. The Bertz CT molecular complexity index is 1490. The number of carbonyl (C=O) groups is 1. The molecule has 39 heavy (non-hydrogen) atoms. The van der Waals surface area contributed by atoms with Gasteiger partial charge in [-0.2, -0.15) is 0 Å². The number of ether oxygens (including phenoxy) is 1. The number of hydrogen-bond acceptors (Lipinski definition) is 9. The Morgan fingerprint density at radius 1 is 1.28 bits per heavy atom. The number of alkyl carbamates (subject to hydrolysis) is 1. The third kappa shape index (κ3) is 7.21. The quantitative estimate of drug-likeness (QED) is 0.308. The second kappa shape index (κ2) is 11.3. The number of nitrogens with one attached hydrogen (secondary N) is 3. The molecule has 0 spiro atoms. The maximum absolute atomic E-state index is 15.6. The average Bonchev–Trinajstić information content (AvgIpc) is 3.61. The predicted octanol–water partition coefficient (Wildman–Crippen LogP) is 5.17. The summed E-state index contributed by atoms with van der Waals surface area (Å²) < 4.78 is 47.9. The van der Waals surface area contributed by atoms with Gasteiger partial charge in [-0.1, -0.05) is 11.6 Å². The van der Waals surface area contributed by atoms with E-state index in [9.17, 15) is 13.2 Å². The van der Waals surface area contributed by atoms with Gasteiger partial charge < -0.3 is 15.4 Å². The van der Waals surface area contributed by atoms with E-state index in [-0.39, 0.29) is 28.2 Å². The van der Waals surface area contributed by atoms with Crippen LogP contribution in [0.25, 0.3) is 21.8 Å². The van der Waals surface area contributed by atoms with Crippen molar-refractivity contribution < 1.29 is 22.3 Å². The van der Waals surface area contributed by atoms with Crippen molar-refractivity contribution in [3.63, 3.8) is 0 Å². The maximum Gasteiger partial charge on any atom is 0.407 e. The molecule has 1 amide bonds. The number of sulfonamides is 1. The van der Waals surface area contributed by atoms with Gasteiger partial charge in [-0.05, 0) is 65.8 Å². The fourth-order valence-electron chi connectivity index (χ4n) is 3.61. The molecular weight excluding hydrogens is 567 g/mol. The van der Waals surface area contributed by atoms with E-state index in [0.29, 0.717) is 23.1 Å². The summed E-state index contributed by atoms with van der Waals surface area (Å²) in [5.41, 5.74) is 0.106. The summed E-state index contributed by atoms with van der Waals surface area (Å²) in [5.74, 6) is -0.385. The molecule has 0 unspecified atom stereocenters. The lowest BCUT2D eigenvalue weighted by Crippen LogP contribution is -2.41. The summed E-state index contributed by atoms with van der Waals surface area (Å²) in [6, 6.07) is 3.82. The molecule has 1 saturated carbocycles. The summed E-state index contributed by atoms with van der Waals surface area (Å²) in [6.07, 6.45) is 2.98. The highest BCUT2D eigenvalue weighted by molar-refractivity contribution is 7.89. The van der Waals surface area contributed by atoms with Gasteiger partial charge in [-0.15, -0.1) is 11.3 Å². The summed E-state index contributed by atoms with van der Waals surface area (Å²) in [7, 11) is -2.90. The highest BCUT2D eigenvalue weighted by Crippen LogP contribution is 2.47. The van der Waals surface area contributed by atoms with Crippen molar-refractivity contribution in [3.8, 4) is 21.8 Å². The molecule has 1 aliphatic carbocycles. The van der Waals surface area contributed by atoms with Crippen LogP contribution in [0, 0.1) is 5.82 Å². The molecule has 1 fully saturated rings.